The van der Waals surface area contributed by atoms with Crippen molar-refractivity contribution in [2.45, 2.75) is 31.8 Å². The van der Waals surface area contributed by atoms with Gasteiger partial charge in [-0.05, 0) is 25.5 Å². The van der Waals surface area contributed by atoms with Crippen LogP contribution in [0.2, 0.25) is 0 Å². The first kappa shape index (κ1) is 15.2. The molecule has 1 aliphatic rings. The summed E-state index contributed by atoms with van der Waals surface area (Å²) in [6.07, 6.45) is 9.01. The Balaban J connectivity index is 1.62. The van der Waals surface area contributed by atoms with Gasteiger partial charge in [-0.3, -0.25) is 19.3 Å². The van der Waals surface area contributed by atoms with Crippen LogP contribution in [0.4, 0.5) is 5.13 Å². The zero-order chi connectivity index (χ0) is 15.4. The zero-order valence-corrected chi connectivity index (χ0v) is 13.6. The molecule has 1 amide bonds. The van der Waals surface area contributed by atoms with E-state index in [1.54, 1.807) is 24.3 Å². The summed E-state index contributed by atoms with van der Waals surface area (Å²) >= 11 is 1.49. The van der Waals surface area contributed by atoms with Crippen LogP contribution >= 0.6 is 11.3 Å². The first-order valence-corrected chi connectivity index (χ1v) is 8.49. The van der Waals surface area contributed by atoms with Gasteiger partial charge in [-0.2, -0.15) is 5.10 Å². The Hall–Kier alpha value is -1.73. The third-order valence-electron chi connectivity index (χ3n) is 4.12. The summed E-state index contributed by atoms with van der Waals surface area (Å²) < 4.78 is 1.96. The Morgan fingerprint density at radius 1 is 1.45 bits per heavy atom. The van der Waals surface area contributed by atoms with E-state index in [1.165, 1.54) is 17.8 Å². The fraction of sp³-hybridized carbons (Fsp3) is 0.533. The number of thiazole rings is 1. The largest absolute Gasteiger partial charge is 0.290 e. The average molecular weight is 319 g/mol. The maximum atomic E-state index is 12.5. The topological polar surface area (TPSA) is 54.3 Å². The van der Waals surface area contributed by atoms with Crippen LogP contribution in [-0.4, -0.2) is 51.8 Å². The van der Waals surface area contributed by atoms with Gasteiger partial charge in [0.2, 0.25) is 5.91 Å². The van der Waals surface area contributed by atoms with Crippen molar-refractivity contribution in [2.24, 2.45) is 0 Å². The second-order valence-corrected chi connectivity index (χ2v) is 6.49. The molecule has 1 saturated heterocycles. The van der Waals surface area contributed by atoms with Gasteiger partial charge >= 0.3 is 0 Å². The highest BCUT2D eigenvalue weighted by atomic mass is 32.1. The van der Waals surface area contributed by atoms with Crippen LogP contribution in [0.15, 0.2) is 30.0 Å². The molecule has 0 spiro atoms. The summed E-state index contributed by atoms with van der Waals surface area (Å²) in [6, 6.07) is 2.32. The van der Waals surface area contributed by atoms with Gasteiger partial charge < -0.3 is 0 Å². The molecule has 0 bridgehead atoms. The summed E-state index contributed by atoms with van der Waals surface area (Å²) in [5, 5.41) is 6.93. The van der Waals surface area contributed by atoms with Crippen LogP contribution < -0.4 is 4.90 Å². The minimum absolute atomic E-state index is 0.0994. The van der Waals surface area contributed by atoms with Crippen molar-refractivity contribution in [2.75, 3.05) is 25.0 Å². The Morgan fingerprint density at radius 2 is 2.36 bits per heavy atom. The average Bonchev–Trinajstić information content (AvgIpc) is 3.21. The molecule has 1 atom stereocenters. The number of nitrogens with zero attached hydrogens (tertiary/aromatic N) is 5. The summed E-state index contributed by atoms with van der Waals surface area (Å²) in [7, 11) is 1.80. The predicted molar refractivity (Wildman–Crippen MR) is 87.0 cm³/mol. The van der Waals surface area contributed by atoms with Crippen LogP contribution in [0.3, 0.4) is 0 Å². The lowest BCUT2D eigenvalue weighted by Crippen LogP contribution is -2.47. The number of aromatic nitrogens is 3. The Morgan fingerprint density at radius 3 is 3.09 bits per heavy atom. The van der Waals surface area contributed by atoms with Gasteiger partial charge in [0.1, 0.15) is 0 Å². The SMILES string of the molecule is CN(C(=O)CN1CCCC[C@@H]1Cn1cccn1)c1nccs1. The number of carbonyl (C=O) groups is 1. The lowest BCUT2D eigenvalue weighted by molar-refractivity contribution is -0.120. The smallest absolute Gasteiger partial charge is 0.242 e. The minimum atomic E-state index is 0.0994. The lowest BCUT2D eigenvalue weighted by Gasteiger charge is -2.35. The van der Waals surface area contributed by atoms with Gasteiger partial charge in [0.15, 0.2) is 5.13 Å². The Bertz CT molecular complexity index is 583. The molecule has 22 heavy (non-hydrogen) atoms. The van der Waals surface area contributed by atoms with Crippen LogP contribution in [0.5, 0.6) is 0 Å². The Labute approximate surface area is 134 Å². The second kappa shape index (κ2) is 7.02. The summed E-state index contributed by atoms with van der Waals surface area (Å²) in [6.45, 7) is 2.27. The van der Waals surface area contributed by atoms with Crippen molar-refractivity contribution in [3.05, 3.63) is 30.0 Å². The van der Waals surface area contributed by atoms with Crippen molar-refractivity contribution in [3.8, 4) is 0 Å². The molecule has 0 aliphatic carbocycles. The minimum Gasteiger partial charge on any atom is -0.290 e. The van der Waals surface area contributed by atoms with Crippen molar-refractivity contribution in [3.63, 3.8) is 0 Å². The van der Waals surface area contributed by atoms with Gasteiger partial charge in [0, 0.05) is 37.1 Å². The first-order valence-electron chi connectivity index (χ1n) is 7.61. The van der Waals surface area contributed by atoms with E-state index in [4.69, 9.17) is 0 Å². The normalized spacial score (nSPS) is 19.2. The highest BCUT2D eigenvalue weighted by Crippen LogP contribution is 2.20. The summed E-state index contributed by atoms with van der Waals surface area (Å²) in [5.74, 6) is 0.0994. The van der Waals surface area contributed by atoms with E-state index in [0.717, 1.165) is 31.1 Å². The van der Waals surface area contributed by atoms with Gasteiger partial charge in [0.05, 0.1) is 13.1 Å². The Kier molecular flexibility index (Phi) is 4.84. The van der Waals surface area contributed by atoms with Gasteiger partial charge in [0.25, 0.3) is 0 Å². The van der Waals surface area contributed by atoms with Gasteiger partial charge in [-0.15, -0.1) is 11.3 Å². The molecule has 0 N–H and O–H groups in total. The van der Waals surface area contributed by atoms with Crippen LogP contribution in [0.1, 0.15) is 19.3 Å². The standard InChI is InChI=1S/C15H21N5OS/c1-18(15-16-7-10-22-15)14(21)12-19-8-3-2-5-13(19)11-20-9-4-6-17-20/h4,6-7,9-10,13H,2-3,5,8,11-12H2,1H3/t13-/m1/s1. The molecule has 118 valence electrons. The molecule has 3 heterocycles. The number of amides is 1. The molecule has 7 heteroatoms. The van der Waals surface area contributed by atoms with E-state index in [0.29, 0.717) is 12.6 Å². The van der Waals surface area contributed by atoms with Crippen LogP contribution in [-0.2, 0) is 11.3 Å². The highest BCUT2D eigenvalue weighted by molar-refractivity contribution is 7.13. The maximum absolute atomic E-state index is 12.5. The number of rotatable bonds is 5. The number of hydrogen-bond donors (Lipinski definition) is 0. The van der Waals surface area contributed by atoms with E-state index in [-0.39, 0.29) is 5.91 Å². The van der Waals surface area contributed by atoms with E-state index in [1.807, 2.05) is 22.3 Å². The fourth-order valence-electron chi connectivity index (χ4n) is 2.87. The molecular weight excluding hydrogens is 298 g/mol. The molecule has 1 aliphatic heterocycles. The quantitative estimate of drug-likeness (QED) is 0.844. The predicted octanol–water partition coefficient (Wildman–Crippen LogP) is 1.86. The molecule has 2 aromatic heterocycles. The summed E-state index contributed by atoms with van der Waals surface area (Å²) in [5.41, 5.74) is 0. The number of hydrogen-bond acceptors (Lipinski definition) is 5. The first-order chi connectivity index (χ1) is 10.7. The third-order valence-corrected chi connectivity index (χ3v) is 4.97. The van der Waals surface area contributed by atoms with Crippen molar-refractivity contribution < 1.29 is 4.79 Å². The van der Waals surface area contributed by atoms with Crippen LogP contribution in [0.25, 0.3) is 0 Å². The van der Waals surface area contributed by atoms with Crippen molar-refractivity contribution in [1.29, 1.82) is 0 Å². The second-order valence-electron chi connectivity index (χ2n) is 5.62. The van der Waals surface area contributed by atoms with Gasteiger partial charge in [-0.25, -0.2) is 4.98 Å². The van der Waals surface area contributed by atoms with Gasteiger partial charge in [-0.1, -0.05) is 6.42 Å². The van der Waals surface area contributed by atoms with E-state index < -0.39 is 0 Å². The number of likely N-dealkylation sites (tertiary alicyclic amines) is 1. The fourth-order valence-corrected chi connectivity index (χ4v) is 3.49. The zero-order valence-electron chi connectivity index (χ0n) is 12.8. The number of carbonyl (C=O) groups excluding carboxylic acids is 1. The molecule has 0 radical (unpaired) electrons. The van der Waals surface area contributed by atoms with E-state index in [9.17, 15) is 4.79 Å². The molecule has 3 rings (SSSR count). The number of piperidine rings is 1. The molecule has 0 aromatic carbocycles. The lowest BCUT2D eigenvalue weighted by atomic mass is 10.0. The van der Waals surface area contributed by atoms with E-state index >= 15 is 0 Å². The molecule has 0 unspecified atom stereocenters. The summed E-state index contributed by atoms with van der Waals surface area (Å²) in [4.78, 5) is 20.6. The number of anilines is 1. The van der Waals surface area contributed by atoms with Crippen molar-refractivity contribution in [1.82, 2.24) is 19.7 Å². The molecule has 6 nitrogen and oxygen atoms in total. The number of likely N-dealkylation sites (N-methyl/N-ethyl adjacent to an activating group) is 1. The molecular formula is C15H21N5OS. The highest BCUT2D eigenvalue weighted by Gasteiger charge is 2.26. The monoisotopic (exact) mass is 319 g/mol. The van der Waals surface area contributed by atoms with Crippen molar-refractivity contribution >= 4 is 22.4 Å². The molecule has 2 aromatic rings. The third kappa shape index (κ3) is 3.53. The molecule has 1 fully saturated rings. The molecule has 0 saturated carbocycles. The maximum Gasteiger partial charge on any atom is 0.242 e. The van der Waals surface area contributed by atoms with E-state index in [2.05, 4.69) is 15.0 Å². The van der Waals surface area contributed by atoms with Crippen LogP contribution in [0, 0.1) is 0 Å².